The van der Waals surface area contributed by atoms with Crippen LogP contribution in [0.2, 0.25) is 0 Å². The first kappa shape index (κ1) is 9.19. The van der Waals surface area contributed by atoms with E-state index in [9.17, 15) is 9.18 Å². The average molecular weight is 194 g/mol. The van der Waals surface area contributed by atoms with Gasteiger partial charge in [0.25, 0.3) is 0 Å². The molecule has 2 unspecified atom stereocenters. The highest BCUT2D eigenvalue weighted by atomic mass is 19.1. The second-order valence-electron chi connectivity index (χ2n) is 3.38. The van der Waals surface area contributed by atoms with Crippen molar-refractivity contribution in [1.29, 1.82) is 0 Å². The van der Waals surface area contributed by atoms with Crippen molar-refractivity contribution < 1.29 is 13.9 Å². The van der Waals surface area contributed by atoms with Gasteiger partial charge < -0.3 is 4.74 Å². The summed E-state index contributed by atoms with van der Waals surface area (Å²) in [5.41, 5.74) is 0.938. The SMILES string of the molecule is O=C1OC(c2ccccc2)CCC1F. The van der Waals surface area contributed by atoms with Crippen LogP contribution in [0.25, 0.3) is 0 Å². The van der Waals surface area contributed by atoms with Gasteiger partial charge >= 0.3 is 5.97 Å². The first-order valence-electron chi connectivity index (χ1n) is 4.67. The van der Waals surface area contributed by atoms with Gasteiger partial charge in [0.05, 0.1) is 0 Å². The van der Waals surface area contributed by atoms with Crippen molar-refractivity contribution in [2.24, 2.45) is 0 Å². The van der Waals surface area contributed by atoms with Crippen molar-refractivity contribution >= 4 is 5.97 Å². The lowest BCUT2D eigenvalue weighted by molar-refractivity contribution is -0.162. The number of esters is 1. The highest BCUT2D eigenvalue weighted by Gasteiger charge is 2.30. The summed E-state index contributed by atoms with van der Waals surface area (Å²) in [4.78, 5) is 11.0. The summed E-state index contributed by atoms with van der Waals surface area (Å²) in [5, 5.41) is 0. The van der Waals surface area contributed by atoms with Crippen LogP contribution in [0, 0.1) is 0 Å². The molecule has 0 radical (unpaired) electrons. The first-order valence-corrected chi connectivity index (χ1v) is 4.67. The smallest absolute Gasteiger partial charge is 0.341 e. The van der Waals surface area contributed by atoms with Crippen LogP contribution in [0.15, 0.2) is 30.3 Å². The zero-order valence-corrected chi connectivity index (χ0v) is 7.65. The van der Waals surface area contributed by atoms with Crippen LogP contribution in [-0.2, 0) is 9.53 Å². The molecule has 0 aromatic heterocycles. The van der Waals surface area contributed by atoms with Gasteiger partial charge in [-0.15, -0.1) is 0 Å². The van der Waals surface area contributed by atoms with Gasteiger partial charge in [0, 0.05) is 0 Å². The van der Waals surface area contributed by atoms with Crippen molar-refractivity contribution in [1.82, 2.24) is 0 Å². The Bertz CT molecular complexity index is 323. The molecule has 74 valence electrons. The summed E-state index contributed by atoms with van der Waals surface area (Å²) >= 11 is 0. The van der Waals surface area contributed by atoms with Gasteiger partial charge in [-0.2, -0.15) is 0 Å². The van der Waals surface area contributed by atoms with Crippen molar-refractivity contribution in [2.75, 3.05) is 0 Å². The van der Waals surface area contributed by atoms with E-state index in [0.29, 0.717) is 6.42 Å². The van der Waals surface area contributed by atoms with Crippen molar-refractivity contribution in [3.63, 3.8) is 0 Å². The maximum Gasteiger partial charge on any atom is 0.341 e. The van der Waals surface area contributed by atoms with Crippen molar-refractivity contribution in [2.45, 2.75) is 25.1 Å². The van der Waals surface area contributed by atoms with E-state index in [1.54, 1.807) is 0 Å². The van der Waals surface area contributed by atoms with Crippen LogP contribution in [0.3, 0.4) is 0 Å². The molecular weight excluding hydrogens is 183 g/mol. The summed E-state index contributed by atoms with van der Waals surface area (Å²) in [6.07, 6.45) is -0.874. The molecule has 1 aromatic carbocycles. The molecule has 0 bridgehead atoms. The molecule has 0 N–H and O–H groups in total. The maximum absolute atomic E-state index is 12.8. The summed E-state index contributed by atoms with van der Waals surface area (Å²) in [6.45, 7) is 0. The molecule has 14 heavy (non-hydrogen) atoms. The van der Waals surface area contributed by atoms with Gasteiger partial charge in [0.15, 0.2) is 6.17 Å². The van der Waals surface area contributed by atoms with Gasteiger partial charge in [-0.25, -0.2) is 9.18 Å². The Balaban J connectivity index is 2.11. The molecule has 2 rings (SSSR count). The monoisotopic (exact) mass is 194 g/mol. The molecule has 0 saturated carbocycles. The summed E-state index contributed by atoms with van der Waals surface area (Å²) in [6, 6.07) is 9.43. The van der Waals surface area contributed by atoms with E-state index in [1.165, 1.54) is 0 Å². The zero-order chi connectivity index (χ0) is 9.97. The predicted octanol–water partition coefficient (Wildman–Crippen LogP) is 2.40. The van der Waals surface area contributed by atoms with Crippen LogP contribution < -0.4 is 0 Å². The van der Waals surface area contributed by atoms with E-state index in [2.05, 4.69) is 0 Å². The first-order chi connectivity index (χ1) is 6.77. The number of cyclic esters (lactones) is 1. The molecule has 1 saturated heterocycles. The Morgan fingerprint density at radius 1 is 1.21 bits per heavy atom. The number of carbonyl (C=O) groups excluding carboxylic acids is 1. The molecule has 2 nitrogen and oxygen atoms in total. The Hall–Kier alpha value is -1.38. The second-order valence-corrected chi connectivity index (χ2v) is 3.38. The van der Waals surface area contributed by atoms with E-state index >= 15 is 0 Å². The predicted molar refractivity (Wildman–Crippen MR) is 49.4 cm³/mol. The summed E-state index contributed by atoms with van der Waals surface area (Å²) < 4.78 is 17.8. The van der Waals surface area contributed by atoms with E-state index < -0.39 is 12.1 Å². The Morgan fingerprint density at radius 2 is 1.93 bits per heavy atom. The molecule has 2 atom stereocenters. The van der Waals surface area contributed by atoms with E-state index in [-0.39, 0.29) is 12.5 Å². The third kappa shape index (κ3) is 1.76. The number of alkyl halides is 1. The number of ether oxygens (including phenoxy) is 1. The van der Waals surface area contributed by atoms with Crippen LogP contribution in [-0.4, -0.2) is 12.1 Å². The number of hydrogen-bond donors (Lipinski definition) is 0. The zero-order valence-electron chi connectivity index (χ0n) is 7.65. The minimum absolute atomic E-state index is 0.262. The number of hydrogen-bond acceptors (Lipinski definition) is 2. The molecule has 1 aliphatic rings. The molecule has 0 spiro atoms. The van der Waals surface area contributed by atoms with E-state index in [1.807, 2.05) is 30.3 Å². The molecule has 1 heterocycles. The third-order valence-electron chi connectivity index (χ3n) is 2.37. The molecule has 0 aliphatic carbocycles. The number of halogens is 1. The Labute approximate surface area is 81.7 Å². The topological polar surface area (TPSA) is 26.3 Å². The normalized spacial score (nSPS) is 27.1. The number of carbonyl (C=O) groups is 1. The summed E-state index contributed by atoms with van der Waals surface area (Å²) in [5.74, 6) is -0.731. The van der Waals surface area contributed by atoms with Crippen LogP contribution in [0.1, 0.15) is 24.5 Å². The maximum atomic E-state index is 12.8. The van der Waals surface area contributed by atoms with E-state index in [0.717, 1.165) is 5.56 Å². The number of rotatable bonds is 1. The third-order valence-corrected chi connectivity index (χ3v) is 2.37. The van der Waals surface area contributed by atoms with Crippen LogP contribution >= 0.6 is 0 Å². The fourth-order valence-corrected chi connectivity index (χ4v) is 1.59. The molecule has 1 fully saturated rings. The molecule has 3 heteroatoms. The lowest BCUT2D eigenvalue weighted by Gasteiger charge is -2.24. The van der Waals surface area contributed by atoms with Gasteiger partial charge in [-0.1, -0.05) is 30.3 Å². The minimum Gasteiger partial charge on any atom is -0.455 e. The molecule has 0 amide bonds. The van der Waals surface area contributed by atoms with Gasteiger partial charge in [0.1, 0.15) is 6.10 Å². The highest BCUT2D eigenvalue weighted by molar-refractivity contribution is 5.75. The van der Waals surface area contributed by atoms with E-state index in [4.69, 9.17) is 4.74 Å². The quantitative estimate of drug-likeness (QED) is 0.642. The van der Waals surface area contributed by atoms with Gasteiger partial charge in [-0.3, -0.25) is 0 Å². The van der Waals surface area contributed by atoms with Crippen LogP contribution in [0.5, 0.6) is 0 Å². The lowest BCUT2D eigenvalue weighted by Crippen LogP contribution is -2.27. The fourth-order valence-electron chi connectivity index (χ4n) is 1.59. The van der Waals surface area contributed by atoms with Crippen LogP contribution in [0.4, 0.5) is 4.39 Å². The highest BCUT2D eigenvalue weighted by Crippen LogP contribution is 2.29. The minimum atomic E-state index is -1.44. The lowest BCUT2D eigenvalue weighted by atomic mass is 10.0. The van der Waals surface area contributed by atoms with Gasteiger partial charge in [-0.05, 0) is 18.4 Å². The Morgan fingerprint density at radius 3 is 2.57 bits per heavy atom. The van der Waals surface area contributed by atoms with Crippen molar-refractivity contribution in [3.8, 4) is 0 Å². The Kier molecular flexibility index (Phi) is 2.48. The summed E-state index contributed by atoms with van der Waals surface area (Å²) in [7, 11) is 0. The van der Waals surface area contributed by atoms with Gasteiger partial charge in [0.2, 0.25) is 0 Å². The second kappa shape index (κ2) is 3.78. The molecule has 1 aliphatic heterocycles. The fraction of sp³-hybridized carbons (Fsp3) is 0.364. The van der Waals surface area contributed by atoms with Crippen molar-refractivity contribution in [3.05, 3.63) is 35.9 Å². The molecule has 1 aromatic rings. The molecular formula is C11H11FO2. The average Bonchev–Trinajstić information content (AvgIpc) is 2.23. The standard InChI is InChI=1S/C11H11FO2/c12-9-6-7-10(14-11(9)13)8-4-2-1-3-5-8/h1-5,9-10H,6-7H2. The number of benzene rings is 1. The largest absolute Gasteiger partial charge is 0.455 e.